The van der Waals surface area contributed by atoms with Crippen molar-refractivity contribution in [1.82, 2.24) is 34.9 Å². The van der Waals surface area contributed by atoms with E-state index >= 15 is 0 Å². The minimum Gasteiger partial charge on any atom is -0.486 e. The van der Waals surface area contributed by atoms with Crippen molar-refractivity contribution in [3.8, 4) is 23.3 Å². The van der Waals surface area contributed by atoms with Gasteiger partial charge in [-0.05, 0) is 63.6 Å². The van der Waals surface area contributed by atoms with Gasteiger partial charge in [-0.25, -0.2) is 4.79 Å². The Kier molecular flexibility index (Phi) is 14.7. The molecule has 5 rings (SSSR count). The number of hydrogen-bond acceptors (Lipinski definition) is 18. The fraction of sp³-hybridized carbons (Fsp3) is 0.529. The van der Waals surface area contributed by atoms with E-state index in [0.717, 1.165) is 43.9 Å². The lowest BCUT2D eigenvalue weighted by molar-refractivity contribution is 0.105. The molecule has 2 aromatic heterocycles. The van der Waals surface area contributed by atoms with E-state index < -0.39 is 32.6 Å². The molecule has 0 bridgehead atoms. The summed E-state index contributed by atoms with van der Waals surface area (Å²) in [5.74, 6) is 7.23. The molecule has 1 N–H and O–H groups in total. The summed E-state index contributed by atoms with van der Waals surface area (Å²) in [6.45, 7) is 13.6. The molecule has 1 aliphatic carbocycles. The molecule has 1 saturated heterocycles. The number of hydrogen-bond donors (Lipinski definition) is 10. The Labute approximate surface area is 371 Å². The van der Waals surface area contributed by atoms with Crippen LogP contribution in [0.1, 0.15) is 37.7 Å². The molecule has 10 nitrogen and oxygen atoms in total. The van der Waals surface area contributed by atoms with E-state index in [2.05, 4.69) is 56.0 Å². The fourth-order valence-corrected chi connectivity index (χ4v) is 12.7. The lowest BCUT2D eigenvalue weighted by Gasteiger charge is -2.43. The summed E-state index contributed by atoms with van der Waals surface area (Å²) >= 11 is 44.7. The minimum atomic E-state index is -1.36. The highest BCUT2D eigenvalue weighted by atomic mass is 32.2. The zero-order chi connectivity index (χ0) is 39.7. The van der Waals surface area contributed by atoms with Crippen LogP contribution in [-0.4, -0.2) is 107 Å². The third kappa shape index (κ3) is 8.92. The number of thioether (sulfide) groups is 1. The number of aromatic nitrogens is 4. The first-order valence-corrected chi connectivity index (χ1v) is 21.8. The minimum absolute atomic E-state index is 0.0621. The maximum absolute atomic E-state index is 12.4. The number of pyridine rings is 1. The molecule has 1 atom stereocenters. The number of nitrogens with one attached hydrogen (secondary N) is 1. The molecule has 1 amide bonds. The molecule has 1 aliphatic heterocycles. The number of carbonyl (C=O) groups excluding carboxylic acids is 1. The molecular weight excluding hydrogens is 875 g/mol. The number of alkyl carbamates (subject to hydrolysis) is 1. The SMILES string of the molecule is Cc1cc(OCc2nnc(SC3(S)C(S)(S)C(S)(S)C(S)(S)C3(S)S)n2-c2cccnc2)ccc1C#CC(C)OC(=O)NCCN1CCN(C(C)C)CC1. The highest BCUT2D eigenvalue weighted by Crippen LogP contribution is 2.78. The average Bonchev–Trinajstić information content (AvgIpc) is 3.53. The maximum atomic E-state index is 12.4. The quantitative estimate of drug-likeness (QED) is 0.0647. The number of aryl methyl sites for hydroxylation is 1. The monoisotopic (exact) mass is 919 g/mol. The van der Waals surface area contributed by atoms with E-state index in [0.29, 0.717) is 35.0 Å². The molecule has 1 aromatic carbocycles. The first kappa shape index (κ1) is 44.7. The van der Waals surface area contributed by atoms with Gasteiger partial charge in [-0.1, -0.05) is 23.6 Å². The van der Waals surface area contributed by atoms with E-state index in [1.54, 1.807) is 30.0 Å². The maximum Gasteiger partial charge on any atom is 0.408 e. The molecule has 20 heteroatoms. The first-order valence-electron chi connectivity index (χ1n) is 16.9. The van der Waals surface area contributed by atoms with Crippen LogP contribution in [-0.2, 0) is 11.3 Å². The number of amides is 1. The number of ether oxygens (including phenoxy) is 2. The first-order chi connectivity index (χ1) is 25.2. The van der Waals surface area contributed by atoms with Crippen molar-refractivity contribution in [1.29, 1.82) is 0 Å². The zero-order valence-corrected chi connectivity index (χ0v) is 38.9. The van der Waals surface area contributed by atoms with Gasteiger partial charge < -0.3 is 14.8 Å². The standard InChI is InChI=1S/C34H45N7O3S10/c1-21(2)40-16-14-39(15-17-40)13-12-36-29(42)44-23(4)7-8-24-9-10-26(18-22(24)3)43-20-27-37-38-28(41(27)25-6-5-11-35-19-25)54-34(53)32(49,50)30(45,46)31(47,48)33(34,51)52/h5-6,9-11,18-19,21,23,45-53H,12-17,20H2,1-4H3,(H,36,42). The van der Waals surface area contributed by atoms with Gasteiger partial charge in [0.15, 0.2) is 17.1 Å². The Bertz CT molecular complexity index is 1830. The van der Waals surface area contributed by atoms with Crippen LogP contribution in [0.25, 0.3) is 5.69 Å². The Hall–Kier alpha value is -0.440. The van der Waals surface area contributed by atoms with Crippen LogP contribution in [0.15, 0.2) is 47.9 Å². The number of benzene rings is 1. The number of thiol groups is 9. The van der Waals surface area contributed by atoms with Crippen molar-refractivity contribution in [3.05, 3.63) is 59.7 Å². The number of rotatable bonds is 11. The Balaban J connectivity index is 1.22. The largest absolute Gasteiger partial charge is 0.486 e. The average molecular weight is 920 g/mol. The van der Waals surface area contributed by atoms with Gasteiger partial charge in [0.2, 0.25) is 0 Å². The van der Waals surface area contributed by atoms with E-state index in [9.17, 15) is 4.79 Å². The smallest absolute Gasteiger partial charge is 0.408 e. The molecule has 1 unspecified atom stereocenters. The summed E-state index contributed by atoms with van der Waals surface area (Å²) in [5, 5.41) is 12.2. The van der Waals surface area contributed by atoms with Crippen molar-refractivity contribution in [2.45, 2.75) is 72.0 Å². The van der Waals surface area contributed by atoms with Crippen molar-refractivity contribution in [2.24, 2.45) is 0 Å². The summed E-state index contributed by atoms with van der Waals surface area (Å²) in [6.07, 6.45) is 2.28. The summed E-state index contributed by atoms with van der Waals surface area (Å²) in [4.78, 5) is 21.5. The van der Waals surface area contributed by atoms with E-state index in [4.69, 9.17) is 123 Å². The van der Waals surface area contributed by atoms with Gasteiger partial charge in [0, 0.05) is 57.1 Å². The number of carbonyl (C=O) groups is 1. The van der Waals surface area contributed by atoms with Gasteiger partial charge in [0.1, 0.15) is 32.8 Å². The van der Waals surface area contributed by atoms with Gasteiger partial charge in [-0.2, -0.15) is 114 Å². The molecule has 2 fully saturated rings. The molecule has 2 aliphatic rings. The van der Waals surface area contributed by atoms with Gasteiger partial charge in [-0.3, -0.25) is 19.4 Å². The van der Waals surface area contributed by atoms with Crippen molar-refractivity contribution in [2.75, 3.05) is 39.3 Å². The second kappa shape index (κ2) is 17.8. The molecule has 294 valence electrons. The summed E-state index contributed by atoms with van der Waals surface area (Å²) in [7, 11) is 0. The summed E-state index contributed by atoms with van der Waals surface area (Å²) < 4.78 is 6.75. The van der Waals surface area contributed by atoms with E-state index in [1.807, 2.05) is 31.2 Å². The Morgan fingerprint density at radius 3 is 2.20 bits per heavy atom. The van der Waals surface area contributed by atoms with Gasteiger partial charge >= 0.3 is 6.09 Å². The van der Waals surface area contributed by atoms with Crippen LogP contribution in [0.5, 0.6) is 5.75 Å². The predicted octanol–water partition coefficient (Wildman–Crippen LogP) is 6.00. The predicted molar refractivity (Wildman–Crippen MR) is 249 cm³/mol. The van der Waals surface area contributed by atoms with Crippen molar-refractivity contribution < 1.29 is 14.3 Å². The topological polar surface area (TPSA) is 97.6 Å². The second-order valence-electron chi connectivity index (χ2n) is 13.4. The third-order valence-electron chi connectivity index (χ3n) is 9.34. The van der Waals surface area contributed by atoms with Crippen molar-refractivity contribution >= 4 is 132 Å². The highest BCUT2D eigenvalue weighted by Gasteiger charge is 2.81. The number of nitrogens with zero attached hydrogens (tertiary/aromatic N) is 6. The Morgan fingerprint density at radius 1 is 0.944 bits per heavy atom. The normalized spacial score (nSPS) is 20.6. The van der Waals surface area contributed by atoms with E-state index in [1.165, 1.54) is 11.8 Å². The molecule has 1 saturated carbocycles. The lowest BCUT2D eigenvalue weighted by atomic mass is 10.1. The van der Waals surface area contributed by atoms with Crippen LogP contribution in [0, 0.1) is 18.8 Å². The van der Waals surface area contributed by atoms with Gasteiger partial charge in [0.05, 0.1) is 11.9 Å². The van der Waals surface area contributed by atoms with Crippen LogP contribution < -0.4 is 10.1 Å². The lowest BCUT2D eigenvalue weighted by Crippen LogP contribution is -2.50. The highest BCUT2D eigenvalue weighted by molar-refractivity contribution is 8.21. The van der Waals surface area contributed by atoms with Crippen LogP contribution in [0.2, 0.25) is 0 Å². The van der Waals surface area contributed by atoms with Gasteiger partial charge in [0.25, 0.3) is 0 Å². The molecule has 3 heterocycles. The van der Waals surface area contributed by atoms with Crippen molar-refractivity contribution in [3.63, 3.8) is 0 Å². The third-order valence-corrected chi connectivity index (χ3v) is 20.4. The van der Waals surface area contributed by atoms with Crippen LogP contribution in [0.4, 0.5) is 4.79 Å². The molecule has 0 radical (unpaired) electrons. The van der Waals surface area contributed by atoms with E-state index in [-0.39, 0.29) is 6.61 Å². The van der Waals surface area contributed by atoms with Crippen LogP contribution >= 0.6 is 125 Å². The second-order valence-corrected chi connectivity index (χ2v) is 22.3. The molecule has 54 heavy (non-hydrogen) atoms. The molecule has 3 aromatic rings. The van der Waals surface area contributed by atoms with Crippen LogP contribution in [0.3, 0.4) is 0 Å². The fourth-order valence-electron chi connectivity index (χ4n) is 5.93. The Morgan fingerprint density at radius 2 is 1.61 bits per heavy atom. The van der Waals surface area contributed by atoms with Gasteiger partial charge in [-0.15, -0.1) is 10.2 Å². The molecule has 0 spiro atoms. The molecular formula is C34H45N7O3S10. The summed E-state index contributed by atoms with van der Waals surface area (Å²) in [5.41, 5.74) is 2.35. The number of piperazine rings is 1. The zero-order valence-electron chi connectivity index (χ0n) is 30.0. The summed E-state index contributed by atoms with van der Waals surface area (Å²) in [6, 6.07) is 9.80.